The van der Waals surface area contributed by atoms with Gasteiger partial charge >= 0.3 is 0 Å². The van der Waals surface area contributed by atoms with Gasteiger partial charge in [-0.15, -0.1) is 0 Å². The van der Waals surface area contributed by atoms with E-state index in [-0.39, 0.29) is 5.56 Å². The predicted octanol–water partition coefficient (Wildman–Crippen LogP) is 3.64. The van der Waals surface area contributed by atoms with E-state index in [0.717, 1.165) is 42.3 Å². The van der Waals surface area contributed by atoms with Crippen molar-refractivity contribution in [2.45, 2.75) is 44.6 Å². The SMILES string of the molecule is Cc1ccc(C(C)(O)C(F)F)cc1-c1cnc2c(N)nc(C3CC3)cn12. The van der Waals surface area contributed by atoms with Gasteiger partial charge in [0, 0.05) is 17.7 Å². The highest BCUT2D eigenvalue weighted by atomic mass is 19.3. The predicted molar refractivity (Wildman–Crippen MR) is 95.1 cm³/mol. The molecule has 2 aromatic heterocycles. The van der Waals surface area contributed by atoms with Gasteiger partial charge in [-0.2, -0.15) is 0 Å². The number of imidazole rings is 1. The van der Waals surface area contributed by atoms with Gasteiger partial charge < -0.3 is 10.8 Å². The summed E-state index contributed by atoms with van der Waals surface area (Å²) in [6.07, 6.45) is 2.87. The Morgan fingerprint density at radius 3 is 2.73 bits per heavy atom. The summed E-state index contributed by atoms with van der Waals surface area (Å²) in [5.41, 5.74) is 7.81. The Hall–Kier alpha value is -2.54. The molecule has 3 N–H and O–H groups in total. The van der Waals surface area contributed by atoms with E-state index >= 15 is 0 Å². The fraction of sp³-hybridized carbons (Fsp3) is 0.368. The van der Waals surface area contributed by atoms with Crippen LogP contribution in [0.4, 0.5) is 14.6 Å². The van der Waals surface area contributed by atoms with Crippen molar-refractivity contribution < 1.29 is 13.9 Å². The normalized spacial score (nSPS) is 17.0. The highest BCUT2D eigenvalue weighted by Crippen LogP contribution is 2.40. The molecule has 1 aliphatic rings. The first-order chi connectivity index (χ1) is 12.3. The molecule has 1 aromatic carbocycles. The summed E-state index contributed by atoms with van der Waals surface area (Å²) in [4.78, 5) is 8.78. The molecule has 0 bridgehead atoms. The molecule has 1 atom stereocenters. The molecular formula is C19H20F2N4O. The third-order valence-corrected chi connectivity index (χ3v) is 5.06. The van der Waals surface area contributed by atoms with E-state index in [0.29, 0.717) is 17.4 Å². The van der Waals surface area contributed by atoms with Gasteiger partial charge in [0.15, 0.2) is 11.5 Å². The van der Waals surface area contributed by atoms with Crippen LogP contribution in [0.2, 0.25) is 0 Å². The molecule has 0 radical (unpaired) electrons. The van der Waals surface area contributed by atoms with Crippen molar-refractivity contribution in [3.05, 3.63) is 47.4 Å². The molecule has 5 nitrogen and oxygen atoms in total. The first-order valence-corrected chi connectivity index (χ1v) is 8.54. The quantitative estimate of drug-likeness (QED) is 0.747. The van der Waals surface area contributed by atoms with Crippen LogP contribution in [-0.2, 0) is 5.60 Å². The van der Waals surface area contributed by atoms with E-state index in [1.54, 1.807) is 18.3 Å². The topological polar surface area (TPSA) is 76.4 Å². The molecule has 1 fully saturated rings. The molecule has 4 rings (SSSR count). The third kappa shape index (κ3) is 2.63. The number of nitrogens with zero attached hydrogens (tertiary/aromatic N) is 3. The number of aliphatic hydroxyl groups is 1. The van der Waals surface area contributed by atoms with Gasteiger partial charge in [0.05, 0.1) is 17.6 Å². The second-order valence-electron chi connectivity index (χ2n) is 7.14. The highest BCUT2D eigenvalue weighted by molar-refractivity contribution is 5.72. The number of hydrogen-bond donors (Lipinski definition) is 2. The summed E-state index contributed by atoms with van der Waals surface area (Å²) in [7, 11) is 0. The number of aromatic nitrogens is 3. The number of hydrogen-bond acceptors (Lipinski definition) is 4. The van der Waals surface area contributed by atoms with Gasteiger partial charge in [0.2, 0.25) is 0 Å². The number of alkyl halides is 2. The van der Waals surface area contributed by atoms with E-state index in [9.17, 15) is 13.9 Å². The largest absolute Gasteiger partial charge is 0.381 e. The third-order valence-electron chi connectivity index (χ3n) is 5.06. The molecule has 3 aromatic rings. The van der Waals surface area contributed by atoms with Crippen molar-refractivity contribution >= 4 is 11.5 Å². The van der Waals surface area contributed by atoms with Crippen LogP contribution in [0.3, 0.4) is 0 Å². The zero-order valence-corrected chi connectivity index (χ0v) is 14.6. The van der Waals surface area contributed by atoms with Crippen molar-refractivity contribution in [2.75, 3.05) is 5.73 Å². The number of aryl methyl sites for hydroxylation is 1. The average Bonchev–Trinajstić information content (AvgIpc) is 3.35. The molecule has 1 aliphatic carbocycles. The Bertz CT molecular complexity index is 993. The molecule has 2 heterocycles. The van der Waals surface area contributed by atoms with E-state index in [2.05, 4.69) is 9.97 Å². The Morgan fingerprint density at radius 1 is 1.35 bits per heavy atom. The van der Waals surface area contributed by atoms with Gasteiger partial charge in [0.25, 0.3) is 6.43 Å². The van der Waals surface area contributed by atoms with Crippen LogP contribution in [0.1, 0.15) is 42.5 Å². The minimum absolute atomic E-state index is 0.160. The van der Waals surface area contributed by atoms with Gasteiger partial charge in [-0.3, -0.25) is 4.40 Å². The lowest BCUT2D eigenvalue weighted by Gasteiger charge is -2.23. The fourth-order valence-corrected chi connectivity index (χ4v) is 3.15. The second kappa shape index (κ2) is 5.74. The van der Waals surface area contributed by atoms with E-state index in [4.69, 9.17) is 5.73 Å². The highest BCUT2D eigenvalue weighted by Gasteiger charge is 2.34. The van der Waals surface area contributed by atoms with Crippen LogP contribution in [0.5, 0.6) is 0 Å². The molecule has 0 amide bonds. The minimum Gasteiger partial charge on any atom is -0.381 e. The lowest BCUT2D eigenvalue weighted by molar-refractivity contribution is -0.0883. The first kappa shape index (κ1) is 16.9. The van der Waals surface area contributed by atoms with Gasteiger partial charge in [-0.1, -0.05) is 12.1 Å². The Balaban J connectivity index is 1.90. The fourth-order valence-electron chi connectivity index (χ4n) is 3.15. The molecule has 1 unspecified atom stereocenters. The average molecular weight is 358 g/mol. The van der Waals surface area contributed by atoms with E-state index in [1.807, 2.05) is 17.5 Å². The van der Waals surface area contributed by atoms with E-state index < -0.39 is 12.0 Å². The van der Waals surface area contributed by atoms with E-state index in [1.165, 1.54) is 6.07 Å². The number of nitrogen functional groups attached to an aromatic ring is 1. The summed E-state index contributed by atoms with van der Waals surface area (Å²) < 4.78 is 28.3. The van der Waals surface area contributed by atoms with Crippen LogP contribution in [0, 0.1) is 6.92 Å². The number of rotatable bonds is 4. The standard InChI is InChI=1S/C19H20F2N4O/c1-10-3-6-12(19(2,26)18(20)21)7-13(10)15-8-23-17-16(22)24-14(9-25(15)17)11-4-5-11/h3,6-9,11,18,26H,4-5H2,1-2H3,(H2,22,24). The van der Waals surface area contributed by atoms with Crippen LogP contribution in [0.25, 0.3) is 16.9 Å². The number of fused-ring (bicyclic) bond motifs is 1. The van der Waals surface area contributed by atoms with Crippen LogP contribution < -0.4 is 5.73 Å². The van der Waals surface area contributed by atoms with Gasteiger partial charge in [-0.05, 0) is 43.9 Å². The summed E-state index contributed by atoms with van der Waals surface area (Å²) >= 11 is 0. The number of benzene rings is 1. The van der Waals surface area contributed by atoms with Gasteiger partial charge in [-0.25, -0.2) is 18.7 Å². The molecule has 0 saturated heterocycles. The van der Waals surface area contributed by atoms with Crippen molar-refractivity contribution in [2.24, 2.45) is 0 Å². The Morgan fingerprint density at radius 2 is 2.08 bits per heavy atom. The maximum absolute atomic E-state index is 13.2. The molecule has 0 spiro atoms. The summed E-state index contributed by atoms with van der Waals surface area (Å²) in [5.74, 6) is 0.776. The van der Waals surface area contributed by atoms with Gasteiger partial charge in [0.1, 0.15) is 5.60 Å². The molecule has 7 heteroatoms. The molecule has 136 valence electrons. The molecule has 26 heavy (non-hydrogen) atoms. The molecular weight excluding hydrogens is 338 g/mol. The number of anilines is 1. The monoisotopic (exact) mass is 358 g/mol. The van der Waals surface area contributed by atoms with Crippen molar-refractivity contribution in [1.29, 1.82) is 0 Å². The second-order valence-corrected chi connectivity index (χ2v) is 7.14. The lowest BCUT2D eigenvalue weighted by atomic mass is 9.92. The van der Waals surface area contributed by atoms with Crippen LogP contribution in [-0.4, -0.2) is 25.9 Å². The lowest BCUT2D eigenvalue weighted by Crippen LogP contribution is -2.30. The Labute approximate surface area is 149 Å². The van der Waals surface area contributed by atoms with Crippen LogP contribution in [0.15, 0.2) is 30.6 Å². The maximum atomic E-state index is 13.2. The van der Waals surface area contributed by atoms with Crippen molar-refractivity contribution in [3.63, 3.8) is 0 Å². The summed E-state index contributed by atoms with van der Waals surface area (Å²) in [6, 6.07) is 4.85. The smallest absolute Gasteiger partial charge is 0.270 e. The van der Waals surface area contributed by atoms with Crippen molar-refractivity contribution in [3.8, 4) is 11.3 Å². The zero-order valence-electron chi connectivity index (χ0n) is 14.6. The minimum atomic E-state index is -2.89. The zero-order chi connectivity index (χ0) is 18.6. The summed E-state index contributed by atoms with van der Waals surface area (Å²) in [5, 5.41) is 10.2. The first-order valence-electron chi connectivity index (χ1n) is 8.54. The Kier molecular flexibility index (Phi) is 3.73. The maximum Gasteiger partial charge on any atom is 0.270 e. The number of halogens is 2. The molecule has 0 aliphatic heterocycles. The molecule has 1 saturated carbocycles. The number of nitrogens with two attached hydrogens (primary N) is 1. The summed E-state index contributed by atoms with van der Waals surface area (Å²) in [6.45, 7) is 3.01. The van der Waals surface area contributed by atoms with Crippen molar-refractivity contribution in [1.82, 2.24) is 14.4 Å². The van der Waals surface area contributed by atoms with Crippen LogP contribution >= 0.6 is 0 Å².